The Kier molecular flexibility index (Phi) is 4.60. The van der Waals surface area contributed by atoms with Gasteiger partial charge in [0, 0.05) is 29.7 Å². The molecule has 29 heavy (non-hydrogen) atoms. The van der Waals surface area contributed by atoms with E-state index in [0.717, 1.165) is 12.8 Å². The maximum Gasteiger partial charge on any atom is 0.228 e. The molecule has 0 aliphatic heterocycles. The van der Waals surface area contributed by atoms with Crippen molar-refractivity contribution in [3.8, 4) is 11.6 Å². The van der Waals surface area contributed by atoms with Gasteiger partial charge in [-0.15, -0.1) is 0 Å². The Morgan fingerprint density at radius 1 is 0.931 bits per heavy atom. The molecule has 152 valence electrons. The molecule has 0 radical (unpaired) electrons. The van der Waals surface area contributed by atoms with Gasteiger partial charge in [0.25, 0.3) is 0 Å². The van der Waals surface area contributed by atoms with Crippen LogP contribution in [-0.4, -0.2) is 16.8 Å². The summed E-state index contributed by atoms with van der Waals surface area (Å²) in [4.78, 5) is 28.7. The standard InChI is InChI=1S/C23H27N3O3/c1-22(2)11-17(22)20(27)25-14-6-5-7-16(10-14)29-19-9-8-15(13-24-19)26-21(28)18-12-23(18,3)4/h5-10,13,17-18H,11-12H2,1-4H3,(H,25,27)(H,26,28). The molecule has 6 nitrogen and oxygen atoms in total. The lowest BCUT2D eigenvalue weighted by Gasteiger charge is -2.10. The maximum absolute atomic E-state index is 12.3. The number of hydrogen-bond donors (Lipinski definition) is 2. The van der Waals surface area contributed by atoms with Crippen molar-refractivity contribution in [1.29, 1.82) is 0 Å². The first-order valence-electron chi connectivity index (χ1n) is 10.00. The van der Waals surface area contributed by atoms with E-state index in [1.54, 1.807) is 24.4 Å². The number of rotatable bonds is 6. The topological polar surface area (TPSA) is 80.3 Å². The Bertz CT molecular complexity index is 950. The monoisotopic (exact) mass is 393 g/mol. The molecule has 2 saturated carbocycles. The first-order chi connectivity index (χ1) is 13.6. The summed E-state index contributed by atoms with van der Waals surface area (Å²) >= 11 is 0. The maximum atomic E-state index is 12.3. The lowest BCUT2D eigenvalue weighted by Crippen LogP contribution is -2.16. The molecular weight excluding hydrogens is 366 g/mol. The van der Waals surface area contributed by atoms with Crippen molar-refractivity contribution in [2.75, 3.05) is 10.6 Å². The molecule has 2 amide bonds. The second-order valence-corrected chi connectivity index (χ2v) is 9.48. The van der Waals surface area contributed by atoms with Gasteiger partial charge >= 0.3 is 0 Å². The van der Waals surface area contributed by atoms with Crippen molar-refractivity contribution in [2.45, 2.75) is 40.5 Å². The molecule has 2 aliphatic carbocycles. The number of benzene rings is 1. The summed E-state index contributed by atoms with van der Waals surface area (Å²) in [7, 11) is 0. The molecule has 0 bridgehead atoms. The minimum Gasteiger partial charge on any atom is -0.439 e. The van der Waals surface area contributed by atoms with E-state index in [0.29, 0.717) is 23.0 Å². The number of anilines is 2. The quantitative estimate of drug-likeness (QED) is 0.736. The Labute approximate surface area is 171 Å². The largest absolute Gasteiger partial charge is 0.439 e. The van der Waals surface area contributed by atoms with Gasteiger partial charge in [-0.25, -0.2) is 4.98 Å². The van der Waals surface area contributed by atoms with E-state index in [1.165, 1.54) is 0 Å². The van der Waals surface area contributed by atoms with E-state index in [-0.39, 0.29) is 34.5 Å². The van der Waals surface area contributed by atoms with Crippen LogP contribution in [0.4, 0.5) is 11.4 Å². The molecule has 2 aromatic rings. The number of amides is 2. The van der Waals surface area contributed by atoms with Crippen molar-refractivity contribution in [2.24, 2.45) is 22.7 Å². The second kappa shape index (κ2) is 6.87. The zero-order valence-electron chi connectivity index (χ0n) is 17.3. The SMILES string of the molecule is CC1(C)CC1C(=O)Nc1ccc(Oc2cccc(NC(=O)C3CC3(C)C)c2)nc1. The molecule has 0 spiro atoms. The molecular formula is C23H27N3O3. The predicted molar refractivity (Wildman–Crippen MR) is 112 cm³/mol. The average molecular weight is 393 g/mol. The van der Waals surface area contributed by atoms with Crippen LogP contribution in [0, 0.1) is 22.7 Å². The molecule has 1 heterocycles. The molecule has 1 aromatic carbocycles. The van der Waals surface area contributed by atoms with Crippen LogP contribution in [-0.2, 0) is 9.59 Å². The third-order valence-electron chi connectivity index (χ3n) is 5.99. The fourth-order valence-corrected chi connectivity index (χ4v) is 3.56. The lowest BCUT2D eigenvalue weighted by atomic mass is 10.1. The van der Waals surface area contributed by atoms with Crippen molar-refractivity contribution in [3.05, 3.63) is 42.6 Å². The summed E-state index contributed by atoms with van der Waals surface area (Å²) in [5, 5.41) is 5.85. The van der Waals surface area contributed by atoms with Crippen LogP contribution in [0.3, 0.4) is 0 Å². The summed E-state index contributed by atoms with van der Waals surface area (Å²) in [5.74, 6) is 1.22. The van der Waals surface area contributed by atoms with Gasteiger partial charge in [-0.05, 0) is 41.9 Å². The zero-order valence-corrected chi connectivity index (χ0v) is 17.3. The van der Waals surface area contributed by atoms with E-state index in [4.69, 9.17) is 4.74 Å². The van der Waals surface area contributed by atoms with E-state index in [2.05, 4.69) is 43.3 Å². The highest BCUT2D eigenvalue weighted by molar-refractivity contribution is 5.95. The number of carbonyl (C=O) groups is 2. The number of hydrogen-bond acceptors (Lipinski definition) is 4. The van der Waals surface area contributed by atoms with Gasteiger partial charge in [0.05, 0.1) is 11.9 Å². The third kappa shape index (κ3) is 4.42. The van der Waals surface area contributed by atoms with Gasteiger partial charge in [-0.2, -0.15) is 0 Å². The molecule has 1 aromatic heterocycles. The fourth-order valence-electron chi connectivity index (χ4n) is 3.56. The van der Waals surface area contributed by atoms with Crippen LogP contribution in [0.1, 0.15) is 40.5 Å². The van der Waals surface area contributed by atoms with Crippen LogP contribution >= 0.6 is 0 Å². The molecule has 4 rings (SSSR count). The van der Waals surface area contributed by atoms with Crippen molar-refractivity contribution < 1.29 is 14.3 Å². The number of nitrogens with zero attached hydrogens (tertiary/aromatic N) is 1. The molecule has 0 saturated heterocycles. The Morgan fingerprint density at radius 3 is 2.03 bits per heavy atom. The van der Waals surface area contributed by atoms with Crippen LogP contribution < -0.4 is 15.4 Å². The average Bonchev–Trinajstić information content (AvgIpc) is 3.50. The second-order valence-electron chi connectivity index (χ2n) is 9.48. The van der Waals surface area contributed by atoms with Crippen LogP contribution in [0.2, 0.25) is 0 Å². The van der Waals surface area contributed by atoms with Crippen molar-refractivity contribution in [3.63, 3.8) is 0 Å². The van der Waals surface area contributed by atoms with Gasteiger partial charge in [0.1, 0.15) is 5.75 Å². The minimum absolute atomic E-state index is 0.0350. The Hall–Kier alpha value is -2.89. The van der Waals surface area contributed by atoms with Crippen molar-refractivity contribution >= 4 is 23.2 Å². The van der Waals surface area contributed by atoms with Crippen LogP contribution in [0.5, 0.6) is 11.6 Å². The van der Waals surface area contributed by atoms with E-state index < -0.39 is 0 Å². The van der Waals surface area contributed by atoms with Crippen molar-refractivity contribution in [1.82, 2.24) is 4.98 Å². The van der Waals surface area contributed by atoms with Gasteiger partial charge in [0.2, 0.25) is 17.7 Å². The van der Waals surface area contributed by atoms with Gasteiger partial charge in [0.15, 0.2) is 0 Å². The fraction of sp³-hybridized carbons (Fsp3) is 0.435. The highest BCUT2D eigenvalue weighted by Crippen LogP contribution is 2.52. The van der Waals surface area contributed by atoms with Gasteiger partial charge in [-0.3, -0.25) is 9.59 Å². The Balaban J connectivity index is 1.34. The van der Waals surface area contributed by atoms with Gasteiger partial charge in [-0.1, -0.05) is 33.8 Å². The molecule has 2 unspecified atom stereocenters. The van der Waals surface area contributed by atoms with E-state index in [1.807, 2.05) is 18.2 Å². The Morgan fingerprint density at radius 2 is 1.52 bits per heavy atom. The predicted octanol–water partition coefficient (Wildman–Crippen LogP) is 4.84. The molecule has 2 N–H and O–H groups in total. The number of ether oxygens (including phenoxy) is 1. The highest BCUT2D eigenvalue weighted by atomic mass is 16.5. The number of pyridine rings is 1. The van der Waals surface area contributed by atoms with E-state index >= 15 is 0 Å². The summed E-state index contributed by atoms with van der Waals surface area (Å²) in [6.45, 7) is 8.38. The lowest BCUT2D eigenvalue weighted by molar-refractivity contribution is -0.118. The minimum atomic E-state index is 0.0350. The summed E-state index contributed by atoms with van der Waals surface area (Å²) in [5.41, 5.74) is 1.54. The first-order valence-corrected chi connectivity index (χ1v) is 10.00. The summed E-state index contributed by atoms with van der Waals surface area (Å²) < 4.78 is 5.80. The number of aromatic nitrogens is 1. The summed E-state index contributed by atoms with van der Waals surface area (Å²) in [6, 6.07) is 10.7. The molecule has 6 heteroatoms. The number of nitrogens with one attached hydrogen (secondary N) is 2. The molecule has 2 aliphatic rings. The van der Waals surface area contributed by atoms with Crippen LogP contribution in [0.25, 0.3) is 0 Å². The third-order valence-corrected chi connectivity index (χ3v) is 5.99. The van der Waals surface area contributed by atoms with Crippen LogP contribution in [0.15, 0.2) is 42.6 Å². The summed E-state index contributed by atoms with van der Waals surface area (Å²) in [6.07, 6.45) is 3.42. The smallest absolute Gasteiger partial charge is 0.228 e. The zero-order chi connectivity index (χ0) is 20.8. The first kappa shape index (κ1) is 19.4. The number of carbonyl (C=O) groups excluding carboxylic acids is 2. The molecule has 2 atom stereocenters. The van der Waals surface area contributed by atoms with Gasteiger partial charge < -0.3 is 15.4 Å². The molecule has 2 fully saturated rings. The normalized spacial score (nSPS) is 23.0. The highest BCUT2D eigenvalue weighted by Gasteiger charge is 2.51. The van der Waals surface area contributed by atoms with E-state index in [9.17, 15) is 9.59 Å².